The fourth-order valence-corrected chi connectivity index (χ4v) is 1.97. The molecule has 0 amide bonds. The zero-order chi connectivity index (χ0) is 9.97. The van der Waals surface area contributed by atoms with Crippen molar-refractivity contribution in [2.75, 3.05) is 7.11 Å². The number of hydrogen-bond acceptors (Lipinski definition) is 4. The Morgan fingerprint density at radius 1 is 1.36 bits per heavy atom. The topological polar surface area (TPSA) is 35.0 Å². The Morgan fingerprint density at radius 3 is 2.79 bits per heavy atom. The van der Waals surface area contributed by atoms with Gasteiger partial charge in [-0.3, -0.25) is 0 Å². The van der Waals surface area contributed by atoms with E-state index in [1.54, 1.807) is 7.11 Å². The first-order valence-electron chi connectivity index (χ1n) is 3.94. The lowest BCUT2D eigenvalue weighted by molar-refractivity contribution is 0.416. The minimum Gasteiger partial charge on any atom is -0.496 e. The highest BCUT2D eigenvalue weighted by Crippen LogP contribution is 2.31. The third-order valence-electron chi connectivity index (χ3n) is 1.74. The zero-order valence-corrected chi connectivity index (χ0v) is 8.97. The van der Waals surface area contributed by atoms with Crippen molar-refractivity contribution in [3.63, 3.8) is 0 Å². The van der Waals surface area contributed by atoms with Crippen LogP contribution in [0.5, 0.6) is 5.75 Å². The highest BCUT2D eigenvalue weighted by atomic mass is 35.5. The van der Waals surface area contributed by atoms with Crippen LogP contribution in [0.25, 0.3) is 10.6 Å². The standard InChI is InChI=1S/C9H7ClN2OS/c1-13-7-5-3-2-4-6(7)8-11-9(10)12-14-8/h2-5H,1H3. The van der Waals surface area contributed by atoms with E-state index in [4.69, 9.17) is 16.3 Å². The Labute approximate surface area is 90.5 Å². The van der Waals surface area contributed by atoms with E-state index in [2.05, 4.69) is 9.36 Å². The summed E-state index contributed by atoms with van der Waals surface area (Å²) < 4.78 is 9.11. The molecule has 2 rings (SSSR count). The van der Waals surface area contributed by atoms with Crippen molar-refractivity contribution >= 4 is 23.1 Å². The second-order valence-electron chi connectivity index (χ2n) is 2.57. The molecule has 3 nitrogen and oxygen atoms in total. The molecular weight excluding hydrogens is 220 g/mol. The van der Waals surface area contributed by atoms with Gasteiger partial charge in [-0.2, -0.15) is 4.37 Å². The molecule has 0 fully saturated rings. The van der Waals surface area contributed by atoms with Crippen LogP contribution in [0.2, 0.25) is 5.28 Å². The van der Waals surface area contributed by atoms with Crippen LogP contribution in [-0.2, 0) is 0 Å². The minimum atomic E-state index is 0.274. The van der Waals surface area contributed by atoms with E-state index in [9.17, 15) is 0 Å². The number of methoxy groups -OCH3 is 1. The summed E-state index contributed by atoms with van der Waals surface area (Å²) in [7, 11) is 1.63. The summed E-state index contributed by atoms with van der Waals surface area (Å²) in [6, 6.07) is 7.64. The molecular formula is C9H7ClN2OS. The number of nitrogens with zero attached hydrogens (tertiary/aromatic N) is 2. The van der Waals surface area contributed by atoms with Crippen molar-refractivity contribution in [3.05, 3.63) is 29.5 Å². The number of rotatable bonds is 2. The third-order valence-corrected chi connectivity index (χ3v) is 2.76. The average molecular weight is 227 g/mol. The predicted octanol–water partition coefficient (Wildman–Crippen LogP) is 2.87. The van der Waals surface area contributed by atoms with Gasteiger partial charge >= 0.3 is 0 Å². The molecule has 0 saturated heterocycles. The summed E-state index contributed by atoms with van der Waals surface area (Å²) in [6.45, 7) is 0. The first kappa shape index (κ1) is 9.43. The summed E-state index contributed by atoms with van der Waals surface area (Å²) in [6.07, 6.45) is 0. The quantitative estimate of drug-likeness (QED) is 0.790. The van der Waals surface area contributed by atoms with Gasteiger partial charge < -0.3 is 4.74 Å². The van der Waals surface area contributed by atoms with E-state index in [1.807, 2.05) is 24.3 Å². The van der Waals surface area contributed by atoms with Crippen molar-refractivity contribution in [2.24, 2.45) is 0 Å². The van der Waals surface area contributed by atoms with Crippen molar-refractivity contribution in [1.29, 1.82) is 0 Å². The van der Waals surface area contributed by atoms with Gasteiger partial charge in [-0.05, 0) is 35.3 Å². The van der Waals surface area contributed by atoms with Gasteiger partial charge in [-0.25, -0.2) is 4.98 Å². The van der Waals surface area contributed by atoms with E-state index in [-0.39, 0.29) is 5.28 Å². The number of halogens is 1. The maximum Gasteiger partial charge on any atom is 0.234 e. The Morgan fingerprint density at radius 2 is 2.14 bits per heavy atom. The first-order valence-corrected chi connectivity index (χ1v) is 5.09. The molecule has 0 aliphatic heterocycles. The van der Waals surface area contributed by atoms with E-state index < -0.39 is 0 Å². The number of aromatic nitrogens is 2. The molecule has 1 aromatic heterocycles. The summed E-state index contributed by atoms with van der Waals surface area (Å²) in [5.74, 6) is 0.778. The molecule has 14 heavy (non-hydrogen) atoms. The fourth-order valence-electron chi connectivity index (χ4n) is 1.14. The van der Waals surface area contributed by atoms with Crippen LogP contribution < -0.4 is 4.74 Å². The molecule has 0 N–H and O–H groups in total. The first-order chi connectivity index (χ1) is 6.81. The van der Waals surface area contributed by atoms with Crippen molar-refractivity contribution < 1.29 is 4.74 Å². The second kappa shape index (κ2) is 3.94. The second-order valence-corrected chi connectivity index (χ2v) is 3.66. The molecule has 0 radical (unpaired) electrons. The molecule has 1 aromatic carbocycles. The highest BCUT2D eigenvalue weighted by Gasteiger charge is 2.09. The summed E-state index contributed by atoms with van der Waals surface area (Å²) >= 11 is 6.91. The smallest absolute Gasteiger partial charge is 0.234 e. The summed E-state index contributed by atoms with van der Waals surface area (Å²) in [4.78, 5) is 4.08. The molecule has 0 bridgehead atoms. The lowest BCUT2D eigenvalue weighted by Gasteiger charge is -2.03. The largest absolute Gasteiger partial charge is 0.496 e. The minimum absolute atomic E-state index is 0.274. The van der Waals surface area contributed by atoms with Crippen LogP contribution in [-0.4, -0.2) is 16.5 Å². The monoisotopic (exact) mass is 226 g/mol. The lowest BCUT2D eigenvalue weighted by Crippen LogP contribution is -1.86. The zero-order valence-electron chi connectivity index (χ0n) is 7.40. The van der Waals surface area contributed by atoms with Gasteiger partial charge in [0.2, 0.25) is 5.28 Å². The average Bonchev–Trinajstić information content (AvgIpc) is 2.65. The number of hydrogen-bond donors (Lipinski definition) is 0. The fraction of sp³-hybridized carbons (Fsp3) is 0.111. The Bertz CT molecular complexity index is 444. The van der Waals surface area contributed by atoms with Crippen LogP contribution in [0.4, 0.5) is 0 Å². The molecule has 0 saturated carbocycles. The molecule has 0 aliphatic rings. The van der Waals surface area contributed by atoms with Crippen LogP contribution >= 0.6 is 23.1 Å². The summed E-state index contributed by atoms with van der Waals surface area (Å²) in [5.41, 5.74) is 0.916. The summed E-state index contributed by atoms with van der Waals surface area (Å²) in [5, 5.41) is 1.04. The van der Waals surface area contributed by atoms with Gasteiger partial charge in [0.05, 0.1) is 12.7 Å². The van der Waals surface area contributed by atoms with Crippen LogP contribution in [0.15, 0.2) is 24.3 Å². The highest BCUT2D eigenvalue weighted by molar-refractivity contribution is 7.09. The van der Waals surface area contributed by atoms with Gasteiger partial charge in [-0.15, -0.1) is 0 Å². The van der Waals surface area contributed by atoms with Gasteiger partial charge in [0.15, 0.2) is 0 Å². The normalized spacial score (nSPS) is 10.1. The maximum absolute atomic E-state index is 5.65. The molecule has 2 aromatic rings. The molecule has 1 heterocycles. The van der Waals surface area contributed by atoms with Crippen LogP contribution in [0.3, 0.4) is 0 Å². The third kappa shape index (κ3) is 1.71. The van der Waals surface area contributed by atoms with E-state index >= 15 is 0 Å². The Hall–Kier alpha value is -1.13. The van der Waals surface area contributed by atoms with Crippen LogP contribution in [0.1, 0.15) is 0 Å². The van der Waals surface area contributed by atoms with Crippen molar-refractivity contribution in [3.8, 4) is 16.3 Å². The van der Waals surface area contributed by atoms with Crippen molar-refractivity contribution in [1.82, 2.24) is 9.36 Å². The SMILES string of the molecule is COc1ccccc1-c1nc(Cl)ns1. The molecule has 0 atom stereocenters. The molecule has 0 spiro atoms. The number of benzene rings is 1. The maximum atomic E-state index is 5.65. The van der Waals surface area contributed by atoms with E-state index in [0.717, 1.165) is 16.3 Å². The number of ether oxygens (including phenoxy) is 1. The lowest BCUT2D eigenvalue weighted by atomic mass is 10.2. The Kier molecular flexibility index (Phi) is 2.65. The van der Waals surface area contributed by atoms with Crippen LogP contribution in [0, 0.1) is 0 Å². The van der Waals surface area contributed by atoms with Gasteiger partial charge in [0, 0.05) is 0 Å². The van der Waals surface area contributed by atoms with Gasteiger partial charge in [0.1, 0.15) is 10.8 Å². The Balaban J connectivity index is 2.50. The van der Waals surface area contributed by atoms with Gasteiger partial charge in [0.25, 0.3) is 0 Å². The van der Waals surface area contributed by atoms with E-state index in [0.29, 0.717) is 0 Å². The van der Waals surface area contributed by atoms with E-state index in [1.165, 1.54) is 11.5 Å². The predicted molar refractivity (Wildman–Crippen MR) is 56.9 cm³/mol. The molecule has 0 aliphatic carbocycles. The molecule has 72 valence electrons. The van der Waals surface area contributed by atoms with Crippen molar-refractivity contribution in [2.45, 2.75) is 0 Å². The van der Waals surface area contributed by atoms with Gasteiger partial charge in [-0.1, -0.05) is 12.1 Å². The molecule has 5 heteroatoms. The molecule has 0 unspecified atom stereocenters. The number of para-hydroxylation sites is 1.